The van der Waals surface area contributed by atoms with Gasteiger partial charge in [-0.05, 0) is 35.7 Å². The molecular weight excluding hydrogens is 355 g/mol. The van der Waals surface area contributed by atoms with Crippen molar-refractivity contribution in [1.29, 1.82) is 0 Å². The number of amides is 1. The van der Waals surface area contributed by atoms with E-state index < -0.39 is 0 Å². The van der Waals surface area contributed by atoms with Crippen molar-refractivity contribution in [3.05, 3.63) is 58.1 Å². The Labute approximate surface area is 159 Å². The highest BCUT2D eigenvalue weighted by atomic mass is 35.5. The van der Waals surface area contributed by atoms with E-state index >= 15 is 0 Å². The fraction of sp³-hybridized carbons (Fsp3) is 0.350. The molecule has 1 aliphatic rings. The highest BCUT2D eigenvalue weighted by molar-refractivity contribution is 6.42. The lowest BCUT2D eigenvalue weighted by Crippen LogP contribution is -2.48. The minimum Gasteiger partial charge on any atom is -0.340 e. The smallest absolute Gasteiger partial charge is 0.219 e. The van der Waals surface area contributed by atoms with E-state index in [0.29, 0.717) is 16.1 Å². The van der Waals surface area contributed by atoms with Gasteiger partial charge in [-0.25, -0.2) is 0 Å². The lowest BCUT2D eigenvalue weighted by Gasteiger charge is -2.37. The number of piperazine rings is 1. The maximum Gasteiger partial charge on any atom is 0.219 e. The zero-order chi connectivity index (χ0) is 18.0. The Morgan fingerprint density at radius 2 is 1.52 bits per heavy atom. The number of benzene rings is 2. The van der Waals surface area contributed by atoms with E-state index in [-0.39, 0.29) is 5.91 Å². The molecule has 2 aromatic rings. The predicted octanol–water partition coefficient (Wildman–Crippen LogP) is 4.89. The summed E-state index contributed by atoms with van der Waals surface area (Å²) in [5.74, 6) is 0.165. The van der Waals surface area contributed by atoms with Gasteiger partial charge in [0.15, 0.2) is 0 Å². The quantitative estimate of drug-likeness (QED) is 0.761. The molecule has 0 aliphatic carbocycles. The number of carbonyl (C=O) groups is 1. The van der Waals surface area contributed by atoms with Crippen LogP contribution in [0.1, 0.15) is 25.5 Å². The third-order valence-electron chi connectivity index (χ3n) is 4.95. The van der Waals surface area contributed by atoms with Crippen molar-refractivity contribution in [1.82, 2.24) is 9.80 Å². The summed E-state index contributed by atoms with van der Waals surface area (Å²) >= 11 is 12.1. The number of halogens is 2. The number of carbonyl (C=O) groups excluding carboxylic acids is 1. The van der Waals surface area contributed by atoms with E-state index in [2.05, 4.69) is 36.1 Å². The monoisotopic (exact) mass is 376 g/mol. The molecule has 25 heavy (non-hydrogen) atoms. The highest BCUT2D eigenvalue weighted by Crippen LogP contribution is 2.30. The van der Waals surface area contributed by atoms with E-state index in [1.807, 2.05) is 23.1 Å². The summed E-state index contributed by atoms with van der Waals surface area (Å²) < 4.78 is 0. The van der Waals surface area contributed by atoms with Crippen LogP contribution in [0.4, 0.5) is 0 Å². The number of rotatable bonds is 3. The molecule has 0 saturated carbocycles. The second-order valence-electron chi connectivity index (χ2n) is 6.47. The Hall–Kier alpha value is -1.55. The average molecular weight is 377 g/mol. The molecule has 0 N–H and O–H groups in total. The van der Waals surface area contributed by atoms with Crippen LogP contribution in [-0.4, -0.2) is 41.9 Å². The molecule has 1 heterocycles. The summed E-state index contributed by atoms with van der Waals surface area (Å²) in [6, 6.07) is 14.6. The fourth-order valence-electron chi connectivity index (χ4n) is 3.26. The summed E-state index contributed by atoms with van der Waals surface area (Å²) in [6.07, 6.45) is 0. The van der Waals surface area contributed by atoms with Crippen molar-refractivity contribution in [2.75, 3.05) is 26.2 Å². The molecule has 1 atom stereocenters. The van der Waals surface area contributed by atoms with Crippen LogP contribution in [-0.2, 0) is 4.79 Å². The summed E-state index contributed by atoms with van der Waals surface area (Å²) in [7, 11) is 0. The molecule has 132 valence electrons. The van der Waals surface area contributed by atoms with Crippen LogP contribution >= 0.6 is 23.2 Å². The third kappa shape index (κ3) is 4.17. The summed E-state index contributed by atoms with van der Waals surface area (Å²) in [5, 5.41) is 1.14. The van der Waals surface area contributed by atoms with Crippen molar-refractivity contribution < 1.29 is 4.79 Å². The van der Waals surface area contributed by atoms with Crippen molar-refractivity contribution in [2.24, 2.45) is 0 Å². The van der Waals surface area contributed by atoms with Crippen molar-refractivity contribution >= 4 is 29.1 Å². The Bertz CT molecular complexity index is 753. The summed E-state index contributed by atoms with van der Waals surface area (Å²) in [4.78, 5) is 15.8. The molecule has 1 saturated heterocycles. The molecular formula is C20H22Cl2N2O. The third-order valence-corrected chi connectivity index (χ3v) is 5.69. The largest absolute Gasteiger partial charge is 0.340 e. The molecule has 3 nitrogen and oxygen atoms in total. The lowest BCUT2D eigenvalue weighted by atomic mass is 10.0. The fourth-order valence-corrected chi connectivity index (χ4v) is 3.56. The van der Waals surface area contributed by atoms with Crippen LogP contribution in [0.3, 0.4) is 0 Å². The molecule has 0 bridgehead atoms. The average Bonchev–Trinajstić information content (AvgIpc) is 2.63. The van der Waals surface area contributed by atoms with Crippen LogP contribution in [0.15, 0.2) is 42.5 Å². The van der Waals surface area contributed by atoms with Crippen LogP contribution in [0.25, 0.3) is 11.1 Å². The van der Waals surface area contributed by atoms with Crippen LogP contribution in [0, 0.1) is 0 Å². The number of hydrogen-bond donors (Lipinski definition) is 0. The van der Waals surface area contributed by atoms with E-state index in [9.17, 15) is 4.79 Å². The zero-order valence-corrected chi connectivity index (χ0v) is 16.0. The molecule has 1 fully saturated rings. The normalized spacial score (nSPS) is 16.7. The van der Waals surface area contributed by atoms with Crippen molar-refractivity contribution in [3.63, 3.8) is 0 Å². The zero-order valence-electron chi connectivity index (χ0n) is 14.5. The molecule has 1 aliphatic heterocycles. The van der Waals surface area contributed by atoms with Crippen molar-refractivity contribution in [3.8, 4) is 11.1 Å². The van der Waals surface area contributed by atoms with E-state index in [4.69, 9.17) is 23.2 Å². The van der Waals surface area contributed by atoms with Crippen molar-refractivity contribution in [2.45, 2.75) is 19.9 Å². The van der Waals surface area contributed by atoms with Gasteiger partial charge in [0.05, 0.1) is 10.0 Å². The van der Waals surface area contributed by atoms with Gasteiger partial charge in [0, 0.05) is 39.1 Å². The van der Waals surface area contributed by atoms with Gasteiger partial charge in [0.25, 0.3) is 0 Å². The summed E-state index contributed by atoms with van der Waals surface area (Å²) in [6.45, 7) is 7.30. The number of hydrogen-bond acceptors (Lipinski definition) is 2. The maximum absolute atomic E-state index is 11.5. The first kappa shape index (κ1) is 18.2. The second kappa shape index (κ2) is 7.77. The standard InChI is InChI=1S/C20H22Cl2N2O/c1-14(23-9-11-24(12-10-23)15(2)25)16-3-5-17(6-4-16)18-7-8-19(21)20(22)13-18/h3-8,13-14H,9-12H2,1-2H3. The molecule has 3 rings (SSSR count). The highest BCUT2D eigenvalue weighted by Gasteiger charge is 2.23. The first-order chi connectivity index (χ1) is 12.0. The van der Waals surface area contributed by atoms with Gasteiger partial charge in [-0.1, -0.05) is 53.5 Å². The van der Waals surface area contributed by atoms with E-state index in [0.717, 1.165) is 37.3 Å². The predicted molar refractivity (Wildman–Crippen MR) is 104 cm³/mol. The Kier molecular flexibility index (Phi) is 5.67. The van der Waals surface area contributed by atoms with Gasteiger partial charge in [0.2, 0.25) is 5.91 Å². The Morgan fingerprint density at radius 1 is 0.920 bits per heavy atom. The van der Waals surface area contributed by atoms with E-state index in [1.165, 1.54) is 5.56 Å². The first-order valence-corrected chi connectivity index (χ1v) is 9.26. The minimum absolute atomic E-state index is 0.165. The van der Waals surface area contributed by atoms with Gasteiger partial charge >= 0.3 is 0 Å². The topological polar surface area (TPSA) is 23.6 Å². The molecule has 5 heteroatoms. The second-order valence-corrected chi connectivity index (χ2v) is 7.28. The van der Waals surface area contributed by atoms with Crippen LogP contribution < -0.4 is 0 Å². The van der Waals surface area contributed by atoms with Crippen LogP contribution in [0.2, 0.25) is 10.0 Å². The molecule has 0 spiro atoms. The lowest BCUT2D eigenvalue weighted by molar-refractivity contribution is -0.130. The summed E-state index contributed by atoms with van der Waals surface area (Å²) in [5.41, 5.74) is 3.46. The Balaban J connectivity index is 1.69. The Morgan fingerprint density at radius 3 is 2.08 bits per heavy atom. The minimum atomic E-state index is 0.165. The maximum atomic E-state index is 11.5. The first-order valence-electron chi connectivity index (χ1n) is 8.50. The van der Waals surface area contributed by atoms with Crippen LogP contribution in [0.5, 0.6) is 0 Å². The van der Waals surface area contributed by atoms with Gasteiger partial charge in [-0.3, -0.25) is 9.69 Å². The molecule has 2 aromatic carbocycles. The van der Waals surface area contributed by atoms with E-state index in [1.54, 1.807) is 6.92 Å². The molecule has 0 aromatic heterocycles. The number of nitrogens with zero attached hydrogens (tertiary/aromatic N) is 2. The molecule has 0 radical (unpaired) electrons. The van der Waals surface area contributed by atoms with Gasteiger partial charge in [0.1, 0.15) is 0 Å². The SMILES string of the molecule is CC(=O)N1CCN(C(C)c2ccc(-c3ccc(Cl)c(Cl)c3)cc2)CC1. The molecule has 1 amide bonds. The molecule has 1 unspecified atom stereocenters. The van der Waals surface area contributed by atoms with Gasteiger partial charge in [-0.2, -0.15) is 0 Å². The van der Waals surface area contributed by atoms with Gasteiger partial charge in [-0.15, -0.1) is 0 Å². The van der Waals surface area contributed by atoms with Gasteiger partial charge < -0.3 is 4.90 Å².